The first kappa shape index (κ1) is 13.5. The van der Waals surface area contributed by atoms with Crippen molar-refractivity contribution in [2.24, 2.45) is 11.7 Å². The van der Waals surface area contributed by atoms with Crippen LogP contribution < -0.4 is 5.73 Å². The van der Waals surface area contributed by atoms with Crippen molar-refractivity contribution in [3.63, 3.8) is 0 Å². The third-order valence-corrected chi connectivity index (χ3v) is 3.22. The molecule has 1 unspecified atom stereocenters. The fourth-order valence-corrected chi connectivity index (χ4v) is 1.81. The monoisotopic (exact) mass is 228 g/mol. The van der Waals surface area contributed by atoms with E-state index < -0.39 is 0 Å². The zero-order valence-corrected chi connectivity index (χ0v) is 10.2. The highest BCUT2D eigenvalue weighted by molar-refractivity contribution is 5.76. The predicted molar refractivity (Wildman–Crippen MR) is 63.9 cm³/mol. The van der Waals surface area contributed by atoms with Crippen molar-refractivity contribution in [2.45, 2.75) is 44.6 Å². The lowest BCUT2D eigenvalue weighted by Crippen LogP contribution is -2.34. The van der Waals surface area contributed by atoms with Crippen molar-refractivity contribution in [3.8, 4) is 0 Å². The summed E-state index contributed by atoms with van der Waals surface area (Å²) in [7, 11) is 1.83. The Morgan fingerprint density at radius 2 is 2.12 bits per heavy atom. The number of hydrogen-bond acceptors (Lipinski definition) is 3. The Labute approximate surface area is 97.8 Å². The second-order valence-corrected chi connectivity index (χ2v) is 4.80. The van der Waals surface area contributed by atoms with Gasteiger partial charge in [0.15, 0.2) is 0 Å². The number of amides is 1. The van der Waals surface area contributed by atoms with Crippen LogP contribution in [0, 0.1) is 5.92 Å². The number of nitrogens with zero attached hydrogens (tertiary/aromatic N) is 1. The van der Waals surface area contributed by atoms with Crippen molar-refractivity contribution in [3.05, 3.63) is 0 Å². The highest BCUT2D eigenvalue weighted by Crippen LogP contribution is 2.32. The smallest absolute Gasteiger partial charge is 0.223 e. The largest absolute Gasteiger partial charge is 0.396 e. The van der Waals surface area contributed by atoms with Crippen LogP contribution in [0.5, 0.6) is 0 Å². The Balaban J connectivity index is 2.09. The van der Waals surface area contributed by atoms with Crippen molar-refractivity contribution in [1.82, 2.24) is 4.90 Å². The molecule has 1 amide bonds. The Hall–Kier alpha value is -0.610. The van der Waals surface area contributed by atoms with Crippen molar-refractivity contribution >= 4 is 5.91 Å². The number of unbranched alkanes of at least 4 members (excludes halogenated alkanes) is 2. The number of rotatable bonds is 8. The molecule has 0 aromatic heterocycles. The third-order valence-electron chi connectivity index (χ3n) is 3.22. The number of aliphatic hydroxyl groups excluding tert-OH is 1. The van der Waals surface area contributed by atoms with Crippen LogP contribution in [0.3, 0.4) is 0 Å². The molecule has 0 heterocycles. The molecular formula is C12H24N2O2. The van der Waals surface area contributed by atoms with Gasteiger partial charge in [0.1, 0.15) is 0 Å². The van der Waals surface area contributed by atoms with Crippen molar-refractivity contribution in [2.75, 3.05) is 20.2 Å². The third kappa shape index (κ3) is 4.94. The van der Waals surface area contributed by atoms with Gasteiger partial charge < -0.3 is 15.7 Å². The predicted octanol–water partition coefficient (Wildman–Crippen LogP) is 0.735. The van der Waals surface area contributed by atoms with Gasteiger partial charge in [-0.15, -0.1) is 0 Å². The van der Waals surface area contributed by atoms with Gasteiger partial charge in [-0.3, -0.25) is 4.79 Å². The molecule has 1 saturated carbocycles. The summed E-state index contributed by atoms with van der Waals surface area (Å²) in [6.07, 6.45) is 5.62. The second kappa shape index (κ2) is 6.86. The van der Waals surface area contributed by atoms with E-state index in [0.717, 1.165) is 25.8 Å². The molecular weight excluding hydrogens is 204 g/mol. The van der Waals surface area contributed by atoms with E-state index in [0.29, 0.717) is 12.3 Å². The van der Waals surface area contributed by atoms with Gasteiger partial charge in [-0.05, 0) is 38.0 Å². The van der Waals surface area contributed by atoms with E-state index >= 15 is 0 Å². The van der Waals surface area contributed by atoms with Crippen molar-refractivity contribution in [1.29, 1.82) is 0 Å². The number of aliphatic hydroxyl groups is 1. The average molecular weight is 228 g/mol. The Kier molecular flexibility index (Phi) is 5.77. The van der Waals surface area contributed by atoms with Gasteiger partial charge in [0.2, 0.25) is 5.91 Å². The molecule has 4 heteroatoms. The molecule has 0 aromatic carbocycles. The molecule has 0 aromatic rings. The first-order chi connectivity index (χ1) is 7.65. The summed E-state index contributed by atoms with van der Waals surface area (Å²) in [5.74, 6) is 0.745. The number of carbonyl (C=O) groups excluding carboxylic acids is 1. The molecule has 0 bridgehead atoms. The van der Waals surface area contributed by atoms with Gasteiger partial charge in [0, 0.05) is 32.7 Å². The van der Waals surface area contributed by atoms with Crippen LogP contribution in [-0.4, -0.2) is 42.2 Å². The van der Waals surface area contributed by atoms with Crippen LogP contribution in [0.4, 0.5) is 0 Å². The first-order valence-electron chi connectivity index (χ1n) is 6.25. The van der Waals surface area contributed by atoms with Crippen LogP contribution in [0.25, 0.3) is 0 Å². The first-order valence-corrected chi connectivity index (χ1v) is 6.25. The van der Waals surface area contributed by atoms with Gasteiger partial charge >= 0.3 is 0 Å². The Morgan fingerprint density at radius 3 is 2.69 bits per heavy atom. The lowest BCUT2D eigenvalue weighted by atomic mass is 10.1. The zero-order chi connectivity index (χ0) is 12.0. The zero-order valence-electron chi connectivity index (χ0n) is 10.2. The summed E-state index contributed by atoms with van der Waals surface area (Å²) in [6, 6.07) is 0.0624. The van der Waals surface area contributed by atoms with Gasteiger partial charge in [0.05, 0.1) is 0 Å². The van der Waals surface area contributed by atoms with E-state index in [1.54, 1.807) is 4.90 Å². The van der Waals surface area contributed by atoms with E-state index in [9.17, 15) is 4.79 Å². The maximum Gasteiger partial charge on any atom is 0.223 e. The quantitative estimate of drug-likeness (QED) is 0.602. The molecule has 1 aliphatic carbocycles. The second-order valence-electron chi connectivity index (χ2n) is 4.80. The lowest BCUT2D eigenvalue weighted by Gasteiger charge is -2.19. The summed E-state index contributed by atoms with van der Waals surface area (Å²) in [5, 5.41) is 8.63. The van der Waals surface area contributed by atoms with Crippen LogP contribution in [0.1, 0.15) is 38.5 Å². The number of nitrogens with two attached hydrogens (primary N) is 1. The SMILES string of the molecule is CN(CCCCCO)C(=O)CC(N)C1CC1. The average Bonchev–Trinajstić information content (AvgIpc) is 3.07. The highest BCUT2D eigenvalue weighted by atomic mass is 16.2. The molecule has 0 saturated heterocycles. The molecule has 16 heavy (non-hydrogen) atoms. The van der Waals surface area contributed by atoms with Crippen LogP contribution >= 0.6 is 0 Å². The topological polar surface area (TPSA) is 66.6 Å². The number of hydrogen-bond donors (Lipinski definition) is 2. The van der Waals surface area contributed by atoms with Crippen molar-refractivity contribution < 1.29 is 9.90 Å². The molecule has 1 fully saturated rings. The van der Waals surface area contributed by atoms with Gasteiger partial charge in [-0.25, -0.2) is 0 Å². The number of carbonyl (C=O) groups is 1. The standard InChI is InChI=1S/C12H24N2O2/c1-14(7-3-2-4-8-15)12(16)9-11(13)10-5-6-10/h10-11,15H,2-9,13H2,1H3. The Morgan fingerprint density at radius 1 is 1.44 bits per heavy atom. The maximum absolute atomic E-state index is 11.7. The van der Waals surface area contributed by atoms with Crippen LogP contribution in [-0.2, 0) is 4.79 Å². The van der Waals surface area contributed by atoms with E-state index in [-0.39, 0.29) is 18.6 Å². The normalized spacial score (nSPS) is 17.2. The summed E-state index contributed by atoms with van der Waals surface area (Å²) in [4.78, 5) is 13.5. The summed E-state index contributed by atoms with van der Waals surface area (Å²) < 4.78 is 0. The van der Waals surface area contributed by atoms with E-state index in [2.05, 4.69) is 0 Å². The molecule has 0 radical (unpaired) electrons. The molecule has 1 rings (SSSR count). The van der Waals surface area contributed by atoms with E-state index in [4.69, 9.17) is 10.8 Å². The van der Waals surface area contributed by atoms with Gasteiger partial charge in [0.25, 0.3) is 0 Å². The minimum atomic E-state index is 0.0624. The molecule has 0 aliphatic heterocycles. The maximum atomic E-state index is 11.7. The summed E-state index contributed by atoms with van der Waals surface area (Å²) in [6.45, 7) is 1.01. The van der Waals surface area contributed by atoms with Gasteiger partial charge in [-0.1, -0.05) is 0 Å². The summed E-state index contributed by atoms with van der Waals surface area (Å²) >= 11 is 0. The minimum Gasteiger partial charge on any atom is -0.396 e. The highest BCUT2D eigenvalue weighted by Gasteiger charge is 2.30. The molecule has 94 valence electrons. The lowest BCUT2D eigenvalue weighted by molar-refractivity contribution is -0.130. The van der Waals surface area contributed by atoms with Gasteiger partial charge in [-0.2, -0.15) is 0 Å². The Bertz CT molecular complexity index is 217. The summed E-state index contributed by atoms with van der Waals surface area (Å²) in [5.41, 5.74) is 5.91. The molecule has 1 aliphatic rings. The van der Waals surface area contributed by atoms with Crippen LogP contribution in [0.2, 0.25) is 0 Å². The van der Waals surface area contributed by atoms with E-state index in [1.165, 1.54) is 12.8 Å². The molecule has 0 spiro atoms. The fraction of sp³-hybridized carbons (Fsp3) is 0.917. The van der Waals surface area contributed by atoms with Crippen LogP contribution in [0.15, 0.2) is 0 Å². The minimum absolute atomic E-state index is 0.0624. The molecule has 1 atom stereocenters. The fourth-order valence-electron chi connectivity index (χ4n) is 1.81. The molecule has 4 nitrogen and oxygen atoms in total. The molecule has 3 N–H and O–H groups in total. The van der Waals surface area contributed by atoms with E-state index in [1.807, 2.05) is 7.05 Å².